The molecule has 1 atom stereocenters. The Balaban J connectivity index is 1.57. The van der Waals surface area contributed by atoms with Crippen LogP contribution in [0.4, 0.5) is 11.4 Å². The molecule has 7 heteroatoms. The van der Waals surface area contributed by atoms with E-state index in [2.05, 4.69) is 4.90 Å². The molecule has 7 nitrogen and oxygen atoms in total. The third-order valence-corrected chi connectivity index (χ3v) is 4.68. The summed E-state index contributed by atoms with van der Waals surface area (Å²) >= 11 is 0. The normalized spacial score (nSPS) is 15.3. The summed E-state index contributed by atoms with van der Waals surface area (Å²) in [6.45, 7) is 4.52. The second-order valence-electron chi connectivity index (χ2n) is 6.41. The number of nitrogens with zero attached hydrogens (tertiary/aromatic N) is 3. The average molecular weight is 369 g/mol. The van der Waals surface area contributed by atoms with Crippen molar-refractivity contribution in [1.82, 2.24) is 4.90 Å². The topological polar surface area (TPSA) is 75.9 Å². The van der Waals surface area contributed by atoms with Crippen molar-refractivity contribution < 1.29 is 14.5 Å². The number of piperazine rings is 1. The number of hydrogen-bond acceptors (Lipinski definition) is 5. The fourth-order valence-electron chi connectivity index (χ4n) is 3.15. The number of rotatable bonds is 6. The van der Waals surface area contributed by atoms with Gasteiger partial charge in [0.05, 0.1) is 4.92 Å². The van der Waals surface area contributed by atoms with E-state index < -0.39 is 11.0 Å². The number of carbonyl (C=O) groups is 1. The Bertz CT molecular complexity index is 772. The molecule has 3 rings (SSSR count). The zero-order valence-corrected chi connectivity index (χ0v) is 15.3. The van der Waals surface area contributed by atoms with E-state index in [0.717, 1.165) is 5.69 Å². The van der Waals surface area contributed by atoms with Crippen molar-refractivity contribution in [2.24, 2.45) is 0 Å². The van der Waals surface area contributed by atoms with E-state index in [4.69, 9.17) is 4.74 Å². The summed E-state index contributed by atoms with van der Waals surface area (Å²) in [5, 5.41) is 10.8. The van der Waals surface area contributed by atoms with Crippen LogP contribution in [0.3, 0.4) is 0 Å². The predicted molar refractivity (Wildman–Crippen MR) is 103 cm³/mol. The van der Waals surface area contributed by atoms with Gasteiger partial charge >= 0.3 is 0 Å². The molecular weight excluding hydrogens is 346 g/mol. The van der Waals surface area contributed by atoms with Crippen LogP contribution >= 0.6 is 0 Å². The van der Waals surface area contributed by atoms with Crippen LogP contribution in [-0.2, 0) is 4.79 Å². The Morgan fingerprint density at radius 3 is 2.26 bits per heavy atom. The summed E-state index contributed by atoms with van der Waals surface area (Å²) in [7, 11) is 0. The third-order valence-electron chi connectivity index (χ3n) is 4.68. The molecular formula is C20H23N3O4. The fraction of sp³-hybridized carbons (Fsp3) is 0.350. The van der Waals surface area contributed by atoms with Gasteiger partial charge in [0.2, 0.25) is 0 Å². The van der Waals surface area contributed by atoms with E-state index in [1.165, 1.54) is 12.1 Å². The maximum absolute atomic E-state index is 12.8. The molecule has 0 aromatic heterocycles. The second-order valence-corrected chi connectivity index (χ2v) is 6.41. The first-order valence-electron chi connectivity index (χ1n) is 9.08. The van der Waals surface area contributed by atoms with Gasteiger partial charge in [-0.05, 0) is 30.7 Å². The number of carbonyl (C=O) groups excluding carboxylic acids is 1. The van der Waals surface area contributed by atoms with Gasteiger partial charge in [-0.1, -0.05) is 25.1 Å². The van der Waals surface area contributed by atoms with Gasteiger partial charge in [-0.15, -0.1) is 0 Å². The molecule has 1 fully saturated rings. The fourth-order valence-corrected chi connectivity index (χ4v) is 3.15. The molecule has 1 heterocycles. The van der Waals surface area contributed by atoms with E-state index in [1.807, 2.05) is 42.2 Å². The Hall–Kier alpha value is -3.09. The maximum atomic E-state index is 12.8. The predicted octanol–water partition coefficient (Wildman–Crippen LogP) is 3.10. The summed E-state index contributed by atoms with van der Waals surface area (Å²) in [6, 6.07) is 15.9. The molecule has 2 aromatic carbocycles. The molecule has 1 saturated heterocycles. The molecule has 0 aliphatic carbocycles. The Morgan fingerprint density at radius 1 is 1.07 bits per heavy atom. The van der Waals surface area contributed by atoms with Crippen LogP contribution in [0.1, 0.15) is 13.3 Å². The molecule has 2 aromatic rings. The molecule has 1 amide bonds. The first kappa shape index (κ1) is 18.7. The highest BCUT2D eigenvalue weighted by Gasteiger charge is 2.28. The highest BCUT2D eigenvalue weighted by molar-refractivity contribution is 5.81. The number of hydrogen-bond donors (Lipinski definition) is 0. The number of non-ortho nitro benzene ring substituents is 1. The standard InChI is InChI=1S/C20H23N3O4/c1-2-19(27-18-6-4-3-5-7-18)20(24)22-14-12-21(13-15-22)16-8-10-17(11-9-16)23(25)26/h3-11,19H,2,12-15H2,1H3. The van der Waals surface area contributed by atoms with Crippen molar-refractivity contribution in [3.63, 3.8) is 0 Å². The number of anilines is 1. The molecule has 0 radical (unpaired) electrons. The first-order valence-corrected chi connectivity index (χ1v) is 9.08. The van der Waals surface area contributed by atoms with Crippen molar-refractivity contribution in [2.45, 2.75) is 19.4 Å². The minimum atomic E-state index is -0.488. The summed E-state index contributed by atoms with van der Waals surface area (Å²) < 4.78 is 5.86. The zero-order chi connectivity index (χ0) is 19.2. The molecule has 142 valence electrons. The van der Waals surface area contributed by atoms with Crippen molar-refractivity contribution in [3.8, 4) is 5.75 Å². The van der Waals surface area contributed by atoms with Gasteiger partial charge in [-0.25, -0.2) is 0 Å². The van der Waals surface area contributed by atoms with E-state index in [1.54, 1.807) is 12.1 Å². The monoisotopic (exact) mass is 369 g/mol. The van der Waals surface area contributed by atoms with Gasteiger partial charge in [0.25, 0.3) is 11.6 Å². The van der Waals surface area contributed by atoms with E-state index >= 15 is 0 Å². The molecule has 1 aliphatic heterocycles. The Kier molecular flexibility index (Phi) is 5.90. The number of benzene rings is 2. The van der Waals surface area contributed by atoms with Gasteiger partial charge < -0.3 is 14.5 Å². The van der Waals surface area contributed by atoms with E-state index in [9.17, 15) is 14.9 Å². The molecule has 0 spiro atoms. The average Bonchev–Trinajstić information content (AvgIpc) is 2.72. The summed E-state index contributed by atoms with van der Waals surface area (Å²) in [4.78, 5) is 27.1. The molecule has 1 aliphatic rings. The minimum absolute atomic E-state index is 0.00435. The van der Waals surface area contributed by atoms with E-state index in [0.29, 0.717) is 38.3 Å². The van der Waals surface area contributed by atoms with Crippen LogP contribution < -0.4 is 9.64 Å². The third kappa shape index (κ3) is 4.55. The lowest BCUT2D eigenvalue weighted by atomic mass is 10.2. The largest absolute Gasteiger partial charge is 0.481 e. The SMILES string of the molecule is CCC(Oc1ccccc1)C(=O)N1CCN(c2ccc([N+](=O)[O-])cc2)CC1. The van der Waals surface area contributed by atoms with Crippen molar-refractivity contribution in [3.05, 3.63) is 64.7 Å². The summed E-state index contributed by atoms with van der Waals surface area (Å²) in [5.41, 5.74) is 1.01. The van der Waals surface area contributed by atoms with Gasteiger partial charge in [-0.2, -0.15) is 0 Å². The van der Waals surface area contributed by atoms with Gasteiger partial charge in [0.1, 0.15) is 5.75 Å². The summed E-state index contributed by atoms with van der Waals surface area (Å²) in [5.74, 6) is 0.701. The lowest BCUT2D eigenvalue weighted by Gasteiger charge is -2.37. The lowest BCUT2D eigenvalue weighted by molar-refractivity contribution is -0.384. The van der Waals surface area contributed by atoms with Crippen LogP contribution in [-0.4, -0.2) is 48.0 Å². The number of nitro benzene ring substituents is 1. The molecule has 27 heavy (non-hydrogen) atoms. The summed E-state index contributed by atoms with van der Waals surface area (Å²) in [6.07, 6.45) is 0.120. The minimum Gasteiger partial charge on any atom is -0.481 e. The van der Waals surface area contributed by atoms with Crippen LogP contribution in [0, 0.1) is 10.1 Å². The van der Waals surface area contributed by atoms with Crippen molar-refractivity contribution >= 4 is 17.3 Å². The number of ether oxygens (including phenoxy) is 1. The zero-order valence-electron chi connectivity index (χ0n) is 15.3. The lowest BCUT2D eigenvalue weighted by Crippen LogP contribution is -2.52. The maximum Gasteiger partial charge on any atom is 0.269 e. The molecule has 0 bridgehead atoms. The molecule has 0 saturated carbocycles. The second kappa shape index (κ2) is 8.53. The van der Waals surface area contributed by atoms with Crippen LogP contribution in [0.25, 0.3) is 0 Å². The quantitative estimate of drug-likeness (QED) is 0.578. The van der Waals surface area contributed by atoms with Crippen LogP contribution in [0.2, 0.25) is 0 Å². The van der Waals surface area contributed by atoms with Gasteiger partial charge in [0.15, 0.2) is 6.10 Å². The Morgan fingerprint density at radius 2 is 1.70 bits per heavy atom. The van der Waals surface area contributed by atoms with Crippen LogP contribution in [0.5, 0.6) is 5.75 Å². The highest BCUT2D eigenvalue weighted by atomic mass is 16.6. The van der Waals surface area contributed by atoms with Crippen LogP contribution in [0.15, 0.2) is 54.6 Å². The molecule has 0 N–H and O–H groups in total. The number of para-hydroxylation sites is 1. The number of amides is 1. The van der Waals surface area contributed by atoms with Gasteiger partial charge in [-0.3, -0.25) is 14.9 Å². The first-order chi connectivity index (χ1) is 13.1. The van der Waals surface area contributed by atoms with Gasteiger partial charge in [0, 0.05) is 44.0 Å². The van der Waals surface area contributed by atoms with Crippen molar-refractivity contribution in [1.29, 1.82) is 0 Å². The van der Waals surface area contributed by atoms with E-state index in [-0.39, 0.29) is 11.6 Å². The Labute approximate surface area is 158 Å². The van der Waals surface area contributed by atoms with Crippen molar-refractivity contribution in [2.75, 3.05) is 31.1 Å². The smallest absolute Gasteiger partial charge is 0.269 e. The number of nitro groups is 1. The highest BCUT2D eigenvalue weighted by Crippen LogP contribution is 2.21. The molecule has 1 unspecified atom stereocenters.